The van der Waals surface area contributed by atoms with Gasteiger partial charge >= 0.3 is 0 Å². The Morgan fingerprint density at radius 1 is 1.41 bits per heavy atom. The van der Waals surface area contributed by atoms with Crippen LogP contribution < -0.4 is 10.2 Å². The van der Waals surface area contributed by atoms with E-state index in [-0.39, 0.29) is 5.91 Å². The molecule has 1 amide bonds. The quantitative estimate of drug-likeness (QED) is 0.834. The van der Waals surface area contributed by atoms with Crippen LogP contribution in [0.25, 0.3) is 0 Å². The van der Waals surface area contributed by atoms with Crippen molar-refractivity contribution in [1.29, 1.82) is 0 Å². The number of amides is 1. The van der Waals surface area contributed by atoms with Crippen molar-refractivity contribution in [3.63, 3.8) is 0 Å². The standard InChI is InChI=1S/C12H14ClN3O/c13-8-5-10-12(14-6-8)16(7-11(17)15-10)9-3-1-2-4-9/h5-6,9H,1-4,7H2,(H,15,17). The number of pyridine rings is 1. The smallest absolute Gasteiger partial charge is 0.244 e. The Bertz CT molecular complexity index is 457. The molecule has 2 heterocycles. The monoisotopic (exact) mass is 251 g/mol. The fourth-order valence-electron chi connectivity index (χ4n) is 2.69. The van der Waals surface area contributed by atoms with E-state index in [1.54, 1.807) is 12.3 Å². The summed E-state index contributed by atoms with van der Waals surface area (Å²) in [6, 6.07) is 2.22. The van der Waals surface area contributed by atoms with Gasteiger partial charge in [0.2, 0.25) is 5.91 Å². The molecule has 0 saturated heterocycles. The molecule has 0 atom stereocenters. The van der Waals surface area contributed by atoms with Crippen LogP contribution in [0.4, 0.5) is 11.5 Å². The van der Waals surface area contributed by atoms with Crippen molar-refractivity contribution in [2.75, 3.05) is 16.8 Å². The van der Waals surface area contributed by atoms with E-state index in [9.17, 15) is 4.79 Å². The maximum absolute atomic E-state index is 11.7. The first-order valence-corrected chi connectivity index (χ1v) is 6.34. The van der Waals surface area contributed by atoms with Crippen molar-refractivity contribution < 1.29 is 4.79 Å². The van der Waals surface area contributed by atoms with E-state index < -0.39 is 0 Å². The number of nitrogens with one attached hydrogen (secondary N) is 1. The van der Waals surface area contributed by atoms with E-state index in [1.807, 2.05) is 0 Å². The Morgan fingerprint density at radius 3 is 2.94 bits per heavy atom. The highest BCUT2D eigenvalue weighted by Crippen LogP contribution is 2.34. The van der Waals surface area contributed by atoms with Crippen LogP contribution in [-0.4, -0.2) is 23.5 Å². The number of carbonyl (C=O) groups excluding carboxylic acids is 1. The summed E-state index contributed by atoms with van der Waals surface area (Å²) in [6.45, 7) is 0.409. The molecular weight excluding hydrogens is 238 g/mol. The highest BCUT2D eigenvalue weighted by atomic mass is 35.5. The Hall–Kier alpha value is -1.29. The minimum atomic E-state index is 0.0217. The fraction of sp³-hybridized carbons (Fsp3) is 0.500. The molecule has 3 rings (SSSR count). The summed E-state index contributed by atoms with van der Waals surface area (Å²) in [7, 11) is 0. The van der Waals surface area contributed by atoms with Crippen molar-refractivity contribution in [1.82, 2.24) is 4.98 Å². The molecule has 1 N–H and O–H groups in total. The second-order valence-corrected chi connectivity index (χ2v) is 5.08. The average molecular weight is 252 g/mol. The number of nitrogens with zero attached hydrogens (tertiary/aromatic N) is 2. The first-order chi connectivity index (χ1) is 8.24. The van der Waals surface area contributed by atoms with Gasteiger partial charge < -0.3 is 10.2 Å². The lowest BCUT2D eigenvalue weighted by Crippen LogP contribution is -2.44. The molecule has 17 heavy (non-hydrogen) atoms. The normalized spacial score (nSPS) is 20.3. The topological polar surface area (TPSA) is 45.2 Å². The van der Waals surface area contributed by atoms with Crippen molar-refractivity contribution in [2.24, 2.45) is 0 Å². The summed E-state index contributed by atoms with van der Waals surface area (Å²) in [5, 5.41) is 3.38. The molecule has 0 aromatic carbocycles. The van der Waals surface area contributed by atoms with Gasteiger partial charge in [0.1, 0.15) is 0 Å². The molecule has 0 bridgehead atoms. The Kier molecular flexibility index (Phi) is 2.67. The largest absolute Gasteiger partial charge is 0.343 e. The van der Waals surface area contributed by atoms with Gasteiger partial charge in [0.25, 0.3) is 0 Å². The molecule has 0 radical (unpaired) electrons. The molecule has 1 aliphatic carbocycles. The van der Waals surface area contributed by atoms with E-state index in [0.29, 0.717) is 17.6 Å². The van der Waals surface area contributed by atoms with Gasteiger partial charge in [0, 0.05) is 12.2 Å². The molecule has 4 nitrogen and oxygen atoms in total. The molecule has 1 fully saturated rings. The fourth-order valence-corrected chi connectivity index (χ4v) is 2.85. The van der Waals surface area contributed by atoms with Crippen LogP contribution in [0, 0.1) is 0 Å². The third-order valence-corrected chi connectivity index (χ3v) is 3.67. The van der Waals surface area contributed by atoms with Crippen LogP contribution in [0.5, 0.6) is 0 Å². The second kappa shape index (κ2) is 4.18. The van der Waals surface area contributed by atoms with E-state index in [0.717, 1.165) is 24.3 Å². The van der Waals surface area contributed by atoms with Gasteiger partial charge in [-0.15, -0.1) is 0 Å². The molecule has 0 spiro atoms. The lowest BCUT2D eigenvalue weighted by molar-refractivity contribution is -0.115. The van der Waals surface area contributed by atoms with Gasteiger partial charge in [-0.05, 0) is 18.9 Å². The summed E-state index contributed by atoms with van der Waals surface area (Å²) in [5.74, 6) is 0.884. The maximum Gasteiger partial charge on any atom is 0.244 e. The van der Waals surface area contributed by atoms with Crippen LogP contribution in [-0.2, 0) is 4.79 Å². The molecular formula is C12H14ClN3O. The minimum absolute atomic E-state index is 0.0217. The molecule has 5 heteroatoms. The van der Waals surface area contributed by atoms with Gasteiger partial charge in [-0.25, -0.2) is 4.98 Å². The lowest BCUT2D eigenvalue weighted by atomic mass is 10.1. The van der Waals surface area contributed by atoms with Crippen LogP contribution in [0.1, 0.15) is 25.7 Å². The van der Waals surface area contributed by atoms with E-state index >= 15 is 0 Å². The first-order valence-electron chi connectivity index (χ1n) is 5.96. The highest BCUT2D eigenvalue weighted by Gasteiger charge is 2.30. The zero-order valence-corrected chi connectivity index (χ0v) is 10.2. The predicted octanol–water partition coefficient (Wildman–Crippen LogP) is 2.44. The van der Waals surface area contributed by atoms with Gasteiger partial charge in [-0.2, -0.15) is 0 Å². The summed E-state index contributed by atoms with van der Waals surface area (Å²) < 4.78 is 0. The van der Waals surface area contributed by atoms with Crippen molar-refractivity contribution in [3.05, 3.63) is 17.3 Å². The van der Waals surface area contributed by atoms with Crippen molar-refractivity contribution in [3.8, 4) is 0 Å². The van der Waals surface area contributed by atoms with Crippen LogP contribution in [0.15, 0.2) is 12.3 Å². The third kappa shape index (κ3) is 1.97. The zero-order chi connectivity index (χ0) is 11.8. The number of anilines is 2. The second-order valence-electron chi connectivity index (χ2n) is 4.64. The molecule has 2 aliphatic rings. The van der Waals surface area contributed by atoms with Crippen molar-refractivity contribution >= 4 is 29.0 Å². The molecule has 90 valence electrons. The number of fused-ring (bicyclic) bond motifs is 1. The molecule has 1 saturated carbocycles. The number of rotatable bonds is 1. The van der Waals surface area contributed by atoms with E-state index in [4.69, 9.17) is 11.6 Å². The van der Waals surface area contributed by atoms with Gasteiger partial charge in [-0.3, -0.25) is 4.79 Å². The number of hydrogen-bond donors (Lipinski definition) is 1. The molecule has 1 aliphatic heterocycles. The Labute approximate surface area is 105 Å². The van der Waals surface area contributed by atoms with Gasteiger partial charge in [-0.1, -0.05) is 24.4 Å². The lowest BCUT2D eigenvalue weighted by Gasteiger charge is -2.34. The number of halogens is 1. The van der Waals surface area contributed by atoms with Crippen LogP contribution >= 0.6 is 11.6 Å². The molecule has 0 unspecified atom stereocenters. The maximum atomic E-state index is 11.7. The molecule has 1 aromatic rings. The average Bonchev–Trinajstić information content (AvgIpc) is 2.80. The summed E-state index contributed by atoms with van der Waals surface area (Å²) >= 11 is 5.90. The Morgan fingerprint density at radius 2 is 2.18 bits per heavy atom. The highest BCUT2D eigenvalue weighted by molar-refractivity contribution is 6.31. The number of carbonyl (C=O) groups is 1. The Balaban J connectivity index is 1.98. The summed E-state index contributed by atoms with van der Waals surface area (Å²) in [5.41, 5.74) is 0.737. The van der Waals surface area contributed by atoms with Crippen molar-refractivity contribution in [2.45, 2.75) is 31.7 Å². The van der Waals surface area contributed by atoms with Crippen LogP contribution in [0.3, 0.4) is 0 Å². The zero-order valence-electron chi connectivity index (χ0n) is 9.45. The summed E-state index contributed by atoms with van der Waals surface area (Å²) in [4.78, 5) is 18.2. The summed E-state index contributed by atoms with van der Waals surface area (Å²) in [6.07, 6.45) is 6.42. The third-order valence-electron chi connectivity index (χ3n) is 3.46. The van der Waals surface area contributed by atoms with E-state index in [1.165, 1.54) is 12.8 Å². The molecule has 1 aromatic heterocycles. The minimum Gasteiger partial charge on any atom is -0.343 e. The van der Waals surface area contributed by atoms with E-state index in [2.05, 4.69) is 15.2 Å². The van der Waals surface area contributed by atoms with Gasteiger partial charge in [0.05, 0.1) is 17.3 Å². The first kappa shape index (κ1) is 10.8. The van der Waals surface area contributed by atoms with Gasteiger partial charge in [0.15, 0.2) is 5.82 Å². The SMILES string of the molecule is O=C1CN(C2CCCC2)c2ncc(Cl)cc2N1. The van der Waals surface area contributed by atoms with Crippen LogP contribution in [0.2, 0.25) is 5.02 Å². The number of hydrogen-bond acceptors (Lipinski definition) is 3. The number of aromatic nitrogens is 1. The predicted molar refractivity (Wildman–Crippen MR) is 67.5 cm³/mol.